The number of nitrogens with zero attached hydrogens (tertiary/aromatic N) is 2. The van der Waals surface area contributed by atoms with E-state index in [0.717, 1.165) is 41.5 Å². The van der Waals surface area contributed by atoms with E-state index in [1.165, 1.54) is 34.0 Å². The molecule has 2 atom stereocenters. The number of carbonyl (C=O) groups excluding carboxylic acids is 1. The van der Waals surface area contributed by atoms with Gasteiger partial charge in [-0.3, -0.25) is 4.79 Å². The zero-order chi connectivity index (χ0) is 17.1. The summed E-state index contributed by atoms with van der Waals surface area (Å²) in [5.41, 5.74) is 1.41. The number of esters is 1. The molecule has 0 bridgehead atoms. The Labute approximate surface area is 151 Å². The number of hydrogen-bond donors (Lipinski definition) is 0. The predicted octanol–water partition coefficient (Wildman–Crippen LogP) is 4.64. The van der Waals surface area contributed by atoms with E-state index < -0.39 is 0 Å². The van der Waals surface area contributed by atoms with Crippen LogP contribution in [0.1, 0.15) is 50.5 Å². The standard InChI is InChI=1S/C18H24N2O2S2/c1-4-5-8-22-18(21)12(3)23-16-15-13-7-6-11(2)9-14(13)24-17(15)20-10-19-16/h10-12H,4-9H2,1-3H3/t11-,12-/m0/s1. The highest BCUT2D eigenvalue weighted by Crippen LogP contribution is 2.41. The minimum absolute atomic E-state index is 0.155. The van der Waals surface area contributed by atoms with Crippen molar-refractivity contribution in [3.8, 4) is 0 Å². The lowest BCUT2D eigenvalue weighted by Crippen LogP contribution is -2.17. The molecule has 6 heteroatoms. The number of aryl methyl sites for hydroxylation is 1. The number of aromatic nitrogens is 2. The van der Waals surface area contributed by atoms with Crippen molar-refractivity contribution in [1.82, 2.24) is 9.97 Å². The molecular formula is C18H24N2O2S2. The van der Waals surface area contributed by atoms with Crippen molar-refractivity contribution >= 4 is 39.3 Å². The molecule has 24 heavy (non-hydrogen) atoms. The van der Waals surface area contributed by atoms with E-state index in [-0.39, 0.29) is 11.2 Å². The lowest BCUT2D eigenvalue weighted by molar-refractivity contribution is -0.142. The zero-order valence-electron chi connectivity index (χ0n) is 14.5. The van der Waals surface area contributed by atoms with Crippen LogP contribution in [0.5, 0.6) is 0 Å². The Bertz CT molecular complexity index is 729. The molecular weight excluding hydrogens is 340 g/mol. The van der Waals surface area contributed by atoms with Crippen molar-refractivity contribution < 1.29 is 9.53 Å². The molecule has 0 fully saturated rings. The number of carbonyl (C=O) groups is 1. The van der Waals surface area contributed by atoms with Crippen LogP contribution in [0, 0.1) is 5.92 Å². The van der Waals surface area contributed by atoms with Gasteiger partial charge >= 0.3 is 5.97 Å². The highest BCUT2D eigenvalue weighted by Gasteiger charge is 2.25. The number of rotatable bonds is 6. The number of unbranched alkanes of at least 4 members (excludes halogenated alkanes) is 1. The lowest BCUT2D eigenvalue weighted by atomic mass is 9.89. The first-order valence-corrected chi connectivity index (χ1v) is 10.4. The third kappa shape index (κ3) is 3.75. The summed E-state index contributed by atoms with van der Waals surface area (Å²) in [7, 11) is 0. The largest absolute Gasteiger partial charge is 0.465 e. The van der Waals surface area contributed by atoms with Gasteiger partial charge in [-0.05, 0) is 44.1 Å². The Balaban J connectivity index is 1.81. The van der Waals surface area contributed by atoms with Crippen molar-refractivity contribution in [1.29, 1.82) is 0 Å². The molecule has 0 saturated heterocycles. The van der Waals surface area contributed by atoms with E-state index in [2.05, 4.69) is 23.8 Å². The summed E-state index contributed by atoms with van der Waals surface area (Å²) < 4.78 is 5.34. The summed E-state index contributed by atoms with van der Waals surface area (Å²) >= 11 is 3.29. The molecule has 0 unspecified atom stereocenters. The molecule has 2 heterocycles. The molecule has 0 radical (unpaired) electrons. The highest BCUT2D eigenvalue weighted by atomic mass is 32.2. The Morgan fingerprint density at radius 3 is 3.12 bits per heavy atom. The van der Waals surface area contributed by atoms with Gasteiger partial charge in [0.2, 0.25) is 0 Å². The van der Waals surface area contributed by atoms with Crippen molar-refractivity contribution in [2.24, 2.45) is 5.92 Å². The van der Waals surface area contributed by atoms with E-state index >= 15 is 0 Å². The van der Waals surface area contributed by atoms with Gasteiger partial charge in [0.25, 0.3) is 0 Å². The molecule has 0 amide bonds. The number of hydrogen-bond acceptors (Lipinski definition) is 6. The normalized spacial score (nSPS) is 18.4. The molecule has 0 saturated carbocycles. The lowest BCUT2D eigenvalue weighted by Gasteiger charge is -2.18. The smallest absolute Gasteiger partial charge is 0.319 e. The summed E-state index contributed by atoms with van der Waals surface area (Å²) in [6.07, 6.45) is 7.00. The van der Waals surface area contributed by atoms with Crippen LogP contribution >= 0.6 is 23.1 Å². The summed E-state index contributed by atoms with van der Waals surface area (Å²) in [4.78, 5) is 23.6. The molecule has 0 aliphatic heterocycles. The molecule has 130 valence electrons. The van der Waals surface area contributed by atoms with Crippen LogP contribution in [-0.4, -0.2) is 27.8 Å². The summed E-state index contributed by atoms with van der Waals surface area (Å²) in [5.74, 6) is 0.583. The quantitative estimate of drug-likeness (QED) is 0.323. The summed E-state index contributed by atoms with van der Waals surface area (Å²) in [6.45, 7) is 6.80. The summed E-state index contributed by atoms with van der Waals surface area (Å²) in [5, 5.41) is 1.84. The van der Waals surface area contributed by atoms with Crippen LogP contribution in [0.4, 0.5) is 0 Å². The third-order valence-corrected chi connectivity index (χ3v) is 6.66. The Morgan fingerprint density at radius 1 is 1.50 bits per heavy atom. The van der Waals surface area contributed by atoms with Gasteiger partial charge in [-0.1, -0.05) is 32.0 Å². The van der Waals surface area contributed by atoms with Crippen LogP contribution in [0.3, 0.4) is 0 Å². The molecule has 2 aromatic rings. The van der Waals surface area contributed by atoms with E-state index in [1.54, 1.807) is 17.7 Å². The second-order valence-corrected chi connectivity index (χ2v) is 8.90. The molecule has 0 N–H and O–H groups in total. The second-order valence-electron chi connectivity index (χ2n) is 6.49. The number of thiophene rings is 1. The van der Waals surface area contributed by atoms with Crippen LogP contribution < -0.4 is 0 Å². The first kappa shape index (κ1) is 17.7. The van der Waals surface area contributed by atoms with Crippen LogP contribution in [-0.2, 0) is 22.4 Å². The average Bonchev–Trinajstić information content (AvgIpc) is 2.93. The Kier molecular flexibility index (Phi) is 5.76. The van der Waals surface area contributed by atoms with Gasteiger partial charge in [-0.15, -0.1) is 11.3 Å². The molecule has 4 nitrogen and oxygen atoms in total. The van der Waals surface area contributed by atoms with Crippen molar-refractivity contribution in [3.63, 3.8) is 0 Å². The Hall–Kier alpha value is -1.14. The van der Waals surface area contributed by atoms with Crippen molar-refractivity contribution in [2.75, 3.05) is 6.61 Å². The van der Waals surface area contributed by atoms with Gasteiger partial charge in [-0.2, -0.15) is 0 Å². The molecule has 3 rings (SSSR count). The number of fused-ring (bicyclic) bond motifs is 3. The first-order valence-electron chi connectivity index (χ1n) is 8.68. The van der Waals surface area contributed by atoms with Crippen LogP contribution in [0.25, 0.3) is 10.2 Å². The SMILES string of the molecule is CCCCOC(=O)[C@H](C)Sc1ncnc2sc3c(c12)CC[C@H](C)C3. The molecule has 1 aliphatic carbocycles. The van der Waals surface area contributed by atoms with Crippen molar-refractivity contribution in [2.45, 2.75) is 63.2 Å². The monoisotopic (exact) mass is 364 g/mol. The second kappa shape index (κ2) is 7.83. The van der Waals surface area contributed by atoms with Crippen LogP contribution in [0.15, 0.2) is 11.4 Å². The minimum Gasteiger partial charge on any atom is -0.465 e. The van der Waals surface area contributed by atoms with Gasteiger partial charge < -0.3 is 4.74 Å². The maximum atomic E-state index is 12.1. The van der Waals surface area contributed by atoms with E-state index in [1.807, 2.05) is 6.92 Å². The van der Waals surface area contributed by atoms with E-state index in [4.69, 9.17) is 4.74 Å². The maximum Gasteiger partial charge on any atom is 0.319 e. The topological polar surface area (TPSA) is 52.1 Å². The minimum atomic E-state index is -0.252. The molecule has 0 spiro atoms. The fraction of sp³-hybridized carbons (Fsp3) is 0.611. The van der Waals surface area contributed by atoms with Gasteiger partial charge in [0.05, 0.1) is 6.61 Å². The third-order valence-electron chi connectivity index (χ3n) is 4.42. The maximum absolute atomic E-state index is 12.1. The Morgan fingerprint density at radius 2 is 2.33 bits per heavy atom. The first-order chi connectivity index (χ1) is 11.6. The fourth-order valence-electron chi connectivity index (χ4n) is 2.99. The van der Waals surface area contributed by atoms with Gasteiger partial charge in [0.15, 0.2) is 0 Å². The van der Waals surface area contributed by atoms with Crippen LogP contribution in [0.2, 0.25) is 0 Å². The van der Waals surface area contributed by atoms with Crippen molar-refractivity contribution in [3.05, 3.63) is 16.8 Å². The van der Waals surface area contributed by atoms with Gasteiger partial charge in [0.1, 0.15) is 21.4 Å². The van der Waals surface area contributed by atoms with Gasteiger partial charge in [0, 0.05) is 10.3 Å². The fourth-order valence-corrected chi connectivity index (χ4v) is 5.35. The average molecular weight is 365 g/mol. The van der Waals surface area contributed by atoms with Gasteiger partial charge in [-0.25, -0.2) is 9.97 Å². The summed E-state index contributed by atoms with van der Waals surface area (Å²) in [6, 6.07) is 0. The molecule has 2 aromatic heterocycles. The highest BCUT2D eigenvalue weighted by molar-refractivity contribution is 8.00. The predicted molar refractivity (Wildman–Crippen MR) is 99.8 cm³/mol. The number of thioether (sulfide) groups is 1. The molecule has 0 aromatic carbocycles. The zero-order valence-corrected chi connectivity index (χ0v) is 16.1. The molecule has 1 aliphatic rings. The number of ether oxygens (including phenoxy) is 1. The van der Waals surface area contributed by atoms with E-state index in [9.17, 15) is 4.79 Å². The van der Waals surface area contributed by atoms with E-state index in [0.29, 0.717) is 6.61 Å².